The van der Waals surface area contributed by atoms with Crippen LogP contribution >= 0.6 is 11.6 Å². The fourth-order valence-electron chi connectivity index (χ4n) is 1.58. The van der Waals surface area contributed by atoms with Gasteiger partial charge in [-0.3, -0.25) is 4.79 Å². The molecule has 4 nitrogen and oxygen atoms in total. The molecule has 0 unspecified atom stereocenters. The number of rotatable bonds is 7. The van der Waals surface area contributed by atoms with Gasteiger partial charge in [-0.15, -0.1) is 0 Å². The normalized spacial score (nSPS) is 10.7. The van der Waals surface area contributed by atoms with Gasteiger partial charge in [0.05, 0.1) is 10.7 Å². The Bertz CT molecular complexity index is 422. The first-order valence-electron chi connectivity index (χ1n) is 6.41. The van der Waals surface area contributed by atoms with E-state index in [4.69, 9.17) is 22.1 Å². The third kappa shape index (κ3) is 6.45. The molecule has 0 spiro atoms. The van der Waals surface area contributed by atoms with Gasteiger partial charge in [0, 0.05) is 12.3 Å². The van der Waals surface area contributed by atoms with Crippen LogP contribution in [0.5, 0.6) is 0 Å². The van der Waals surface area contributed by atoms with E-state index in [0.717, 1.165) is 12.8 Å². The molecule has 0 radical (unpaired) electrons. The number of halogens is 1. The van der Waals surface area contributed by atoms with E-state index in [-0.39, 0.29) is 12.5 Å². The number of carbonyl (C=O) groups excluding carboxylic acids is 1. The predicted molar refractivity (Wildman–Crippen MR) is 79.4 cm³/mol. The van der Waals surface area contributed by atoms with Crippen molar-refractivity contribution in [2.75, 3.05) is 24.3 Å². The van der Waals surface area contributed by atoms with E-state index in [9.17, 15) is 4.79 Å². The minimum absolute atomic E-state index is 0.0562. The Morgan fingerprint density at radius 3 is 2.84 bits per heavy atom. The number of hydrogen-bond acceptors (Lipinski definition) is 3. The highest BCUT2D eigenvalue weighted by atomic mass is 35.5. The maximum absolute atomic E-state index is 11.6. The molecule has 1 rings (SSSR count). The second kappa shape index (κ2) is 8.02. The van der Waals surface area contributed by atoms with Gasteiger partial charge in [0.25, 0.3) is 0 Å². The molecule has 0 heterocycles. The van der Waals surface area contributed by atoms with E-state index in [1.54, 1.807) is 18.2 Å². The molecule has 0 atom stereocenters. The molecule has 0 aliphatic carbocycles. The lowest BCUT2D eigenvalue weighted by Gasteiger charge is -2.08. The van der Waals surface area contributed by atoms with Gasteiger partial charge in [-0.05, 0) is 37.0 Å². The summed E-state index contributed by atoms with van der Waals surface area (Å²) >= 11 is 5.80. The topological polar surface area (TPSA) is 64.3 Å². The van der Waals surface area contributed by atoms with Crippen molar-refractivity contribution in [3.05, 3.63) is 23.2 Å². The van der Waals surface area contributed by atoms with Gasteiger partial charge in [-0.2, -0.15) is 0 Å². The first kappa shape index (κ1) is 15.8. The zero-order valence-electron chi connectivity index (χ0n) is 11.4. The molecule has 1 amide bonds. The van der Waals surface area contributed by atoms with Gasteiger partial charge in [-0.25, -0.2) is 0 Å². The summed E-state index contributed by atoms with van der Waals surface area (Å²) < 4.78 is 5.30. The fraction of sp³-hybridized carbons (Fsp3) is 0.500. The minimum Gasteiger partial charge on any atom is -0.397 e. The van der Waals surface area contributed by atoms with Gasteiger partial charge < -0.3 is 15.8 Å². The fourth-order valence-corrected chi connectivity index (χ4v) is 1.69. The Morgan fingerprint density at radius 2 is 2.21 bits per heavy atom. The van der Waals surface area contributed by atoms with Crippen LogP contribution in [0.4, 0.5) is 11.4 Å². The largest absolute Gasteiger partial charge is 0.397 e. The second-order valence-electron chi connectivity index (χ2n) is 4.87. The highest BCUT2D eigenvalue weighted by Gasteiger charge is 2.04. The molecule has 0 saturated carbocycles. The van der Waals surface area contributed by atoms with Gasteiger partial charge in [-0.1, -0.05) is 25.4 Å². The molecule has 0 aliphatic rings. The van der Waals surface area contributed by atoms with Crippen molar-refractivity contribution in [1.29, 1.82) is 0 Å². The predicted octanol–water partition coefficient (Wildman–Crippen LogP) is 3.31. The van der Waals surface area contributed by atoms with Crippen molar-refractivity contribution in [2.24, 2.45) is 5.92 Å². The molecule has 0 aromatic heterocycles. The molecule has 3 N–H and O–H groups in total. The van der Waals surface area contributed by atoms with E-state index in [0.29, 0.717) is 28.9 Å². The van der Waals surface area contributed by atoms with E-state index in [1.807, 2.05) is 0 Å². The third-order valence-corrected chi connectivity index (χ3v) is 2.93. The van der Waals surface area contributed by atoms with Crippen molar-refractivity contribution >= 4 is 28.9 Å². The Labute approximate surface area is 119 Å². The molecule has 1 aromatic rings. The van der Waals surface area contributed by atoms with Crippen molar-refractivity contribution in [3.8, 4) is 0 Å². The number of benzene rings is 1. The summed E-state index contributed by atoms with van der Waals surface area (Å²) in [5.74, 6) is 0.473. The molecular weight excluding hydrogens is 264 g/mol. The molecule has 19 heavy (non-hydrogen) atoms. The maximum Gasteiger partial charge on any atom is 0.250 e. The minimum atomic E-state index is -0.189. The molecule has 5 heteroatoms. The van der Waals surface area contributed by atoms with Crippen LogP contribution in [-0.4, -0.2) is 19.1 Å². The zero-order valence-corrected chi connectivity index (χ0v) is 12.2. The number of ether oxygens (including phenoxy) is 1. The van der Waals surface area contributed by atoms with Gasteiger partial charge in [0.1, 0.15) is 6.61 Å². The van der Waals surface area contributed by atoms with Crippen LogP contribution in [0, 0.1) is 5.92 Å². The van der Waals surface area contributed by atoms with Crippen molar-refractivity contribution in [2.45, 2.75) is 26.7 Å². The van der Waals surface area contributed by atoms with Gasteiger partial charge in [0.2, 0.25) is 5.91 Å². The number of anilines is 2. The van der Waals surface area contributed by atoms with Crippen LogP contribution in [0.1, 0.15) is 26.7 Å². The highest BCUT2D eigenvalue weighted by molar-refractivity contribution is 6.33. The van der Waals surface area contributed by atoms with Crippen LogP contribution in [0.3, 0.4) is 0 Å². The van der Waals surface area contributed by atoms with E-state index in [2.05, 4.69) is 19.2 Å². The van der Waals surface area contributed by atoms with Crippen LogP contribution in [-0.2, 0) is 9.53 Å². The lowest BCUT2D eigenvalue weighted by Crippen LogP contribution is -2.18. The number of nitrogens with one attached hydrogen (secondary N) is 1. The summed E-state index contributed by atoms with van der Waals surface area (Å²) in [6.45, 7) is 4.99. The summed E-state index contributed by atoms with van der Waals surface area (Å²) in [5.41, 5.74) is 6.71. The number of carbonyl (C=O) groups is 1. The third-order valence-electron chi connectivity index (χ3n) is 2.58. The first-order valence-corrected chi connectivity index (χ1v) is 6.79. The maximum atomic E-state index is 11.6. The smallest absolute Gasteiger partial charge is 0.250 e. The van der Waals surface area contributed by atoms with E-state index >= 15 is 0 Å². The molecule has 106 valence electrons. The lowest BCUT2D eigenvalue weighted by atomic mass is 10.1. The van der Waals surface area contributed by atoms with Crippen molar-refractivity contribution < 1.29 is 9.53 Å². The van der Waals surface area contributed by atoms with Crippen LogP contribution in [0.25, 0.3) is 0 Å². The summed E-state index contributed by atoms with van der Waals surface area (Å²) in [6.07, 6.45) is 2.08. The Kier molecular flexibility index (Phi) is 6.67. The SMILES string of the molecule is CC(C)CCCOCC(=O)Nc1ccc(Cl)c(N)c1. The number of hydrogen-bond donors (Lipinski definition) is 2. The summed E-state index contributed by atoms with van der Waals surface area (Å²) in [7, 11) is 0. The standard InChI is InChI=1S/C14H21ClN2O2/c1-10(2)4-3-7-19-9-14(18)17-11-5-6-12(15)13(16)8-11/h5-6,8,10H,3-4,7,9,16H2,1-2H3,(H,17,18). The van der Waals surface area contributed by atoms with Crippen molar-refractivity contribution in [3.63, 3.8) is 0 Å². The number of amides is 1. The Balaban J connectivity index is 2.25. The van der Waals surface area contributed by atoms with Crippen molar-refractivity contribution in [1.82, 2.24) is 0 Å². The summed E-state index contributed by atoms with van der Waals surface area (Å²) in [4.78, 5) is 11.6. The summed E-state index contributed by atoms with van der Waals surface area (Å²) in [6, 6.07) is 4.98. The molecular formula is C14H21ClN2O2. The van der Waals surface area contributed by atoms with E-state index < -0.39 is 0 Å². The molecule has 0 saturated heterocycles. The Hall–Kier alpha value is -1.26. The molecule has 0 fully saturated rings. The van der Waals surface area contributed by atoms with Crippen LogP contribution in [0.2, 0.25) is 5.02 Å². The number of nitrogen functional groups attached to an aromatic ring is 1. The van der Waals surface area contributed by atoms with E-state index in [1.165, 1.54) is 0 Å². The van der Waals surface area contributed by atoms with Crippen LogP contribution in [0.15, 0.2) is 18.2 Å². The lowest BCUT2D eigenvalue weighted by molar-refractivity contribution is -0.120. The second-order valence-corrected chi connectivity index (χ2v) is 5.28. The Morgan fingerprint density at radius 1 is 1.47 bits per heavy atom. The first-order chi connectivity index (χ1) is 8.99. The molecule has 1 aromatic carbocycles. The highest BCUT2D eigenvalue weighted by Crippen LogP contribution is 2.22. The summed E-state index contributed by atoms with van der Waals surface area (Å²) in [5, 5.41) is 3.18. The van der Waals surface area contributed by atoms with Crippen LogP contribution < -0.4 is 11.1 Å². The monoisotopic (exact) mass is 284 g/mol. The van der Waals surface area contributed by atoms with Gasteiger partial charge in [0.15, 0.2) is 0 Å². The van der Waals surface area contributed by atoms with Gasteiger partial charge >= 0.3 is 0 Å². The molecule has 0 bridgehead atoms. The zero-order chi connectivity index (χ0) is 14.3. The average Bonchev–Trinajstić information content (AvgIpc) is 2.33. The molecule has 0 aliphatic heterocycles. The number of nitrogens with two attached hydrogens (primary N) is 1. The quantitative estimate of drug-likeness (QED) is 0.596. The average molecular weight is 285 g/mol.